The number of nitrogens with one attached hydrogen (secondary N) is 3. The second-order valence-electron chi connectivity index (χ2n) is 14.3. The maximum atomic E-state index is 14.4. The molecule has 0 spiro atoms. The number of nitrogens with zero attached hydrogens (tertiary/aromatic N) is 3. The van der Waals surface area contributed by atoms with Gasteiger partial charge < -0.3 is 30.5 Å². The lowest BCUT2D eigenvalue weighted by atomic mass is 9.89. The van der Waals surface area contributed by atoms with E-state index in [4.69, 9.17) is 21.1 Å². The molecule has 4 aliphatic rings. The van der Waals surface area contributed by atoms with Gasteiger partial charge in [0.25, 0.3) is 5.91 Å². The lowest BCUT2D eigenvalue weighted by Crippen LogP contribution is -2.49. The standard InChI is InChI=1S/C41H44ClFN6O5/c42-33-12-11-31(43)21-36(33)48-14-1-15-49(48)40(51)39(30-9-7-29(8-10-30)28-5-2-26(3-6-28)24-47-16-18-53-19-17-47)46-41(52)44-23-27-4-13-34-32(20-27)38-22-35(45-34)37(50)25-54-38/h2-13,20-21,35,37-39,45,50H,1,14-19,22-25H2,(H2,44,46,52)/t35-,37-,38-,39+/m1/s1. The molecule has 4 aromatic carbocycles. The number of carbonyl (C=O) groups is 2. The number of hydrogen-bond acceptors (Lipinski definition) is 8. The summed E-state index contributed by atoms with van der Waals surface area (Å²) in [5.41, 5.74) is 7.01. The Bertz CT molecular complexity index is 1980. The monoisotopic (exact) mass is 754 g/mol. The third kappa shape index (κ3) is 7.89. The molecule has 4 N–H and O–H groups in total. The fourth-order valence-electron chi connectivity index (χ4n) is 7.74. The van der Waals surface area contributed by atoms with Crippen molar-refractivity contribution in [2.75, 3.05) is 56.3 Å². The Kier molecular flexibility index (Phi) is 10.7. The van der Waals surface area contributed by atoms with E-state index >= 15 is 0 Å². The van der Waals surface area contributed by atoms with Crippen LogP contribution in [-0.2, 0) is 27.4 Å². The van der Waals surface area contributed by atoms with Crippen LogP contribution in [0.2, 0.25) is 5.02 Å². The topological polar surface area (TPSA) is 119 Å². The van der Waals surface area contributed by atoms with Gasteiger partial charge in [-0.1, -0.05) is 66.2 Å². The van der Waals surface area contributed by atoms with Gasteiger partial charge in [0, 0.05) is 63.0 Å². The summed E-state index contributed by atoms with van der Waals surface area (Å²) in [4.78, 5) is 30.4. The predicted octanol–water partition coefficient (Wildman–Crippen LogP) is 5.79. The second-order valence-corrected chi connectivity index (χ2v) is 14.7. The molecule has 3 fully saturated rings. The fourth-order valence-corrected chi connectivity index (χ4v) is 7.96. The summed E-state index contributed by atoms with van der Waals surface area (Å²) in [6, 6.07) is 24.4. The van der Waals surface area contributed by atoms with E-state index in [0.717, 1.165) is 60.8 Å². The lowest BCUT2D eigenvalue weighted by Gasteiger charge is -2.40. The summed E-state index contributed by atoms with van der Waals surface area (Å²) in [5.74, 6) is -0.827. The molecule has 4 atom stereocenters. The van der Waals surface area contributed by atoms with Gasteiger partial charge in [0.1, 0.15) is 11.9 Å². The molecule has 0 unspecified atom stereocenters. The minimum atomic E-state index is -1.05. The number of ether oxygens (including phenoxy) is 2. The fraction of sp³-hybridized carbons (Fsp3) is 0.366. The number of fused-ring (bicyclic) bond motifs is 4. The highest BCUT2D eigenvalue weighted by atomic mass is 35.5. The SMILES string of the molecule is O=C(NCc1ccc2c(c1)[C@H]1C[C@@H](N2)[C@H](O)CO1)N[C@H](C(=O)N1CCCN1c1cc(F)ccc1Cl)c1ccc(-c2ccc(CN3CCOCC3)cc2)cc1. The number of carbonyl (C=O) groups excluding carboxylic acids is 2. The first-order valence-electron chi connectivity index (χ1n) is 18.6. The van der Waals surface area contributed by atoms with Gasteiger partial charge in [-0.3, -0.25) is 19.7 Å². The quantitative estimate of drug-likeness (QED) is 0.170. The average molecular weight is 755 g/mol. The Morgan fingerprint density at radius 2 is 1.67 bits per heavy atom. The van der Waals surface area contributed by atoms with Gasteiger partial charge in [0.05, 0.1) is 48.8 Å². The van der Waals surface area contributed by atoms with Crippen LogP contribution in [0.5, 0.6) is 0 Å². The molecule has 4 aliphatic heterocycles. The maximum Gasteiger partial charge on any atom is 0.315 e. The predicted molar refractivity (Wildman–Crippen MR) is 204 cm³/mol. The van der Waals surface area contributed by atoms with Crippen LogP contribution in [0.3, 0.4) is 0 Å². The minimum absolute atomic E-state index is 0.0517. The normalized spacial score (nSPS) is 21.6. The molecule has 54 heavy (non-hydrogen) atoms. The zero-order valence-electron chi connectivity index (χ0n) is 29.8. The van der Waals surface area contributed by atoms with Crippen LogP contribution in [0, 0.1) is 5.82 Å². The molecule has 8 rings (SSSR count). The van der Waals surface area contributed by atoms with Crippen molar-refractivity contribution >= 4 is 34.9 Å². The van der Waals surface area contributed by atoms with Crippen molar-refractivity contribution in [3.8, 4) is 11.1 Å². The number of rotatable bonds is 9. The van der Waals surface area contributed by atoms with Crippen molar-refractivity contribution in [1.82, 2.24) is 20.5 Å². The zero-order chi connectivity index (χ0) is 37.2. The molecular formula is C41H44ClFN6O5. The zero-order valence-corrected chi connectivity index (χ0v) is 30.6. The van der Waals surface area contributed by atoms with Crippen molar-refractivity contribution in [1.29, 1.82) is 0 Å². The lowest BCUT2D eigenvalue weighted by molar-refractivity contribution is -0.132. The molecule has 3 amide bonds. The second kappa shape index (κ2) is 15.9. The minimum Gasteiger partial charge on any atom is -0.389 e. The number of morpholine rings is 1. The van der Waals surface area contributed by atoms with E-state index in [2.05, 4.69) is 45.1 Å². The van der Waals surface area contributed by atoms with E-state index in [0.29, 0.717) is 42.2 Å². The van der Waals surface area contributed by atoms with Crippen molar-refractivity contribution in [3.05, 3.63) is 118 Å². The number of anilines is 2. The summed E-state index contributed by atoms with van der Waals surface area (Å²) in [6.07, 6.45) is 0.636. The molecule has 0 aliphatic carbocycles. The summed E-state index contributed by atoms with van der Waals surface area (Å²) in [5, 5.41) is 23.0. The van der Waals surface area contributed by atoms with Gasteiger partial charge >= 0.3 is 6.03 Å². The van der Waals surface area contributed by atoms with Crippen LogP contribution >= 0.6 is 11.6 Å². The first-order chi connectivity index (χ1) is 26.3. The van der Waals surface area contributed by atoms with Gasteiger partial charge in [-0.15, -0.1) is 0 Å². The number of urea groups is 1. The Morgan fingerprint density at radius 1 is 0.926 bits per heavy atom. The number of aliphatic hydroxyl groups excluding tert-OH is 1. The van der Waals surface area contributed by atoms with Crippen LogP contribution in [0.1, 0.15) is 47.2 Å². The molecule has 282 valence electrons. The molecule has 3 saturated heterocycles. The number of aliphatic hydroxyl groups is 1. The largest absolute Gasteiger partial charge is 0.389 e. The molecular weight excluding hydrogens is 711 g/mol. The molecule has 0 aromatic heterocycles. The molecule has 13 heteroatoms. The van der Waals surface area contributed by atoms with Crippen LogP contribution in [0.4, 0.5) is 20.6 Å². The van der Waals surface area contributed by atoms with E-state index in [-0.39, 0.29) is 31.2 Å². The van der Waals surface area contributed by atoms with E-state index in [1.165, 1.54) is 28.8 Å². The maximum absolute atomic E-state index is 14.4. The van der Waals surface area contributed by atoms with Crippen LogP contribution < -0.4 is 21.0 Å². The first kappa shape index (κ1) is 36.3. The van der Waals surface area contributed by atoms with Gasteiger partial charge in [-0.25, -0.2) is 9.18 Å². The van der Waals surface area contributed by atoms with Gasteiger partial charge in [0.15, 0.2) is 0 Å². The van der Waals surface area contributed by atoms with Crippen molar-refractivity contribution in [3.63, 3.8) is 0 Å². The van der Waals surface area contributed by atoms with Crippen molar-refractivity contribution < 1.29 is 28.6 Å². The Labute approximate surface area is 318 Å². The van der Waals surface area contributed by atoms with Gasteiger partial charge in [-0.2, -0.15) is 0 Å². The van der Waals surface area contributed by atoms with Crippen molar-refractivity contribution in [2.45, 2.75) is 50.2 Å². The highest BCUT2D eigenvalue weighted by molar-refractivity contribution is 6.33. The smallest absolute Gasteiger partial charge is 0.315 e. The first-order valence-corrected chi connectivity index (χ1v) is 18.9. The summed E-state index contributed by atoms with van der Waals surface area (Å²) in [6.45, 7) is 5.57. The van der Waals surface area contributed by atoms with Crippen LogP contribution in [0.15, 0.2) is 84.9 Å². The highest BCUT2D eigenvalue weighted by Crippen LogP contribution is 2.39. The molecule has 4 heterocycles. The van der Waals surface area contributed by atoms with E-state index in [9.17, 15) is 19.1 Å². The number of benzene rings is 4. The molecule has 11 nitrogen and oxygen atoms in total. The van der Waals surface area contributed by atoms with Crippen LogP contribution in [0.25, 0.3) is 11.1 Å². The van der Waals surface area contributed by atoms with E-state index in [1.807, 2.05) is 42.5 Å². The van der Waals surface area contributed by atoms with E-state index < -0.39 is 24.0 Å². The summed E-state index contributed by atoms with van der Waals surface area (Å²) in [7, 11) is 0. The molecule has 4 aromatic rings. The number of amides is 3. The Balaban J connectivity index is 0.999. The number of halogens is 2. The highest BCUT2D eigenvalue weighted by Gasteiger charge is 2.37. The molecule has 0 radical (unpaired) electrons. The third-order valence-electron chi connectivity index (χ3n) is 10.7. The Morgan fingerprint density at radius 3 is 2.44 bits per heavy atom. The molecule has 2 bridgehead atoms. The average Bonchev–Trinajstić information content (AvgIpc) is 3.69. The van der Waals surface area contributed by atoms with Crippen molar-refractivity contribution in [2.24, 2.45) is 0 Å². The van der Waals surface area contributed by atoms with Gasteiger partial charge in [0.2, 0.25) is 0 Å². The Hall–Kier alpha value is -4.72. The molecule has 0 saturated carbocycles. The van der Waals surface area contributed by atoms with E-state index in [1.54, 1.807) is 5.01 Å². The van der Waals surface area contributed by atoms with Crippen LogP contribution in [-0.4, -0.2) is 85.1 Å². The summed E-state index contributed by atoms with van der Waals surface area (Å²) >= 11 is 6.48. The summed E-state index contributed by atoms with van der Waals surface area (Å²) < 4.78 is 25.7. The number of hydrogen-bond donors (Lipinski definition) is 4. The third-order valence-corrected chi connectivity index (χ3v) is 11.0. The van der Waals surface area contributed by atoms with Gasteiger partial charge in [-0.05, 0) is 58.5 Å². The number of hydrazine groups is 1.